The molecule has 0 spiro atoms. The number of carboxylic acid groups (broad SMARTS) is 1. The number of aromatic hydroxyl groups is 1. The summed E-state index contributed by atoms with van der Waals surface area (Å²) >= 11 is 0. The number of benzene rings is 1. The zero-order valence-electron chi connectivity index (χ0n) is 9.35. The van der Waals surface area contributed by atoms with Crippen LogP contribution in [-0.4, -0.2) is 41.5 Å². The number of carboxylic acids is 1. The molecule has 17 heavy (non-hydrogen) atoms. The molecule has 1 aliphatic heterocycles. The van der Waals surface area contributed by atoms with Crippen LogP contribution in [-0.2, 0) is 16.0 Å². The number of morpholine rings is 1. The van der Waals surface area contributed by atoms with Crippen molar-refractivity contribution < 1.29 is 19.7 Å². The second kappa shape index (κ2) is 4.73. The number of phenolic OH excluding ortho intramolecular Hbond substituents is 1. The lowest BCUT2D eigenvalue weighted by Gasteiger charge is -2.34. The number of phenols is 1. The van der Waals surface area contributed by atoms with Crippen LogP contribution >= 0.6 is 0 Å². The van der Waals surface area contributed by atoms with Crippen molar-refractivity contribution in [2.75, 3.05) is 19.8 Å². The number of carbonyl (C=O) groups is 1. The average Bonchev–Trinajstić information content (AvgIpc) is 2.30. The third-order valence-corrected chi connectivity index (χ3v) is 2.88. The standard InChI is InChI=1S/C12H15NO4/c14-10-3-1-2-9(6-10)7-12(11(15)16)8-17-5-4-13-12/h1-3,6,13-14H,4-5,7-8H2,(H,15,16). The minimum atomic E-state index is -1.09. The van der Waals surface area contributed by atoms with Gasteiger partial charge in [-0.3, -0.25) is 10.1 Å². The van der Waals surface area contributed by atoms with Crippen LogP contribution in [0.5, 0.6) is 5.75 Å². The van der Waals surface area contributed by atoms with Gasteiger partial charge >= 0.3 is 5.97 Å². The van der Waals surface area contributed by atoms with Crippen LogP contribution in [0.2, 0.25) is 0 Å². The Hall–Kier alpha value is -1.59. The van der Waals surface area contributed by atoms with Crippen molar-refractivity contribution in [3.05, 3.63) is 29.8 Å². The summed E-state index contributed by atoms with van der Waals surface area (Å²) in [7, 11) is 0. The summed E-state index contributed by atoms with van der Waals surface area (Å²) in [6.45, 7) is 1.18. The fourth-order valence-corrected chi connectivity index (χ4v) is 2.00. The fourth-order valence-electron chi connectivity index (χ4n) is 2.00. The molecule has 5 nitrogen and oxygen atoms in total. The first-order chi connectivity index (χ1) is 8.12. The molecular weight excluding hydrogens is 222 g/mol. The number of aliphatic carboxylic acids is 1. The van der Waals surface area contributed by atoms with E-state index in [0.29, 0.717) is 13.2 Å². The van der Waals surface area contributed by atoms with Gasteiger partial charge in [0, 0.05) is 13.0 Å². The molecule has 0 bridgehead atoms. The highest BCUT2D eigenvalue weighted by molar-refractivity contribution is 5.79. The van der Waals surface area contributed by atoms with E-state index in [4.69, 9.17) is 4.74 Å². The lowest BCUT2D eigenvalue weighted by molar-refractivity contribution is -0.150. The number of rotatable bonds is 3. The van der Waals surface area contributed by atoms with E-state index in [9.17, 15) is 15.0 Å². The fraction of sp³-hybridized carbons (Fsp3) is 0.417. The molecule has 0 radical (unpaired) electrons. The summed E-state index contributed by atoms with van der Waals surface area (Å²) < 4.78 is 5.24. The molecule has 0 aliphatic carbocycles. The average molecular weight is 237 g/mol. The Morgan fingerprint density at radius 3 is 2.94 bits per heavy atom. The van der Waals surface area contributed by atoms with Crippen molar-refractivity contribution in [2.24, 2.45) is 0 Å². The topological polar surface area (TPSA) is 78.8 Å². The normalized spacial score (nSPS) is 24.5. The van der Waals surface area contributed by atoms with E-state index in [1.54, 1.807) is 24.3 Å². The molecule has 1 atom stereocenters. The van der Waals surface area contributed by atoms with Gasteiger partial charge in [0.25, 0.3) is 0 Å². The van der Waals surface area contributed by atoms with Crippen molar-refractivity contribution in [2.45, 2.75) is 12.0 Å². The monoisotopic (exact) mass is 237 g/mol. The van der Waals surface area contributed by atoms with Crippen LogP contribution in [0.25, 0.3) is 0 Å². The van der Waals surface area contributed by atoms with E-state index in [2.05, 4.69) is 5.32 Å². The Morgan fingerprint density at radius 2 is 2.35 bits per heavy atom. The predicted molar refractivity (Wildman–Crippen MR) is 61.0 cm³/mol. The summed E-state index contributed by atoms with van der Waals surface area (Å²) in [6, 6.07) is 6.62. The molecule has 1 saturated heterocycles. The van der Waals surface area contributed by atoms with Gasteiger partial charge in [-0.05, 0) is 17.7 Å². The van der Waals surface area contributed by atoms with Crippen molar-refractivity contribution in [3.63, 3.8) is 0 Å². The number of hydrogen-bond acceptors (Lipinski definition) is 4. The molecule has 3 N–H and O–H groups in total. The molecule has 1 heterocycles. The molecule has 0 aromatic heterocycles. The van der Waals surface area contributed by atoms with Gasteiger partial charge in [0.15, 0.2) is 0 Å². The molecule has 2 rings (SSSR count). The molecule has 92 valence electrons. The quantitative estimate of drug-likeness (QED) is 0.708. The van der Waals surface area contributed by atoms with Crippen molar-refractivity contribution >= 4 is 5.97 Å². The van der Waals surface area contributed by atoms with Gasteiger partial charge in [-0.25, -0.2) is 0 Å². The largest absolute Gasteiger partial charge is 0.508 e. The lowest BCUT2D eigenvalue weighted by atomic mass is 9.90. The van der Waals surface area contributed by atoms with Crippen molar-refractivity contribution in [1.29, 1.82) is 0 Å². The van der Waals surface area contributed by atoms with Crippen LogP contribution in [0.1, 0.15) is 5.56 Å². The Kier molecular flexibility index (Phi) is 3.31. The van der Waals surface area contributed by atoms with Gasteiger partial charge in [-0.1, -0.05) is 12.1 Å². The van der Waals surface area contributed by atoms with Crippen LogP contribution < -0.4 is 5.32 Å². The summed E-state index contributed by atoms with van der Waals surface area (Å²) in [4.78, 5) is 11.4. The second-order valence-electron chi connectivity index (χ2n) is 4.21. The maximum Gasteiger partial charge on any atom is 0.326 e. The molecule has 1 aromatic carbocycles. The van der Waals surface area contributed by atoms with E-state index in [1.165, 1.54) is 0 Å². The Morgan fingerprint density at radius 1 is 1.53 bits per heavy atom. The van der Waals surface area contributed by atoms with Gasteiger partial charge in [-0.15, -0.1) is 0 Å². The summed E-state index contributed by atoms with van der Waals surface area (Å²) in [6.07, 6.45) is 0.288. The Labute approximate surface area is 99.0 Å². The number of ether oxygens (including phenoxy) is 1. The molecule has 5 heteroatoms. The summed E-state index contributed by atoms with van der Waals surface area (Å²) in [5, 5.41) is 21.7. The van der Waals surface area contributed by atoms with Crippen LogP contribution in [0.3, 0.4) is 0 Å². The smallest absolute Gasteiger partial charge is 0.326 e. The van der Waals surface area contributed by atoms with Crippen molar-refractivity contribution in [1.82, 2.24) is 5.32 Å². The zero-order chi connectivity index (χ0) is 12.3. The SMILES string of the molecule is O=C(O)C1(Cc2cccc(O)c2)COCCN1. The first-order valence-electron chi connectivity index (χ1n) is 5.46. The highest BCUT2D eigenvalue weighted by Crippen LogP contribution is 2.20. The van der Waals surface area contributed by atoms with Crippen LogP contribution in [0.4, 0.5) is 0 Å². The molecule has 1 aromatic rings. The van der Waals surface area contributed by atoms with E-state index in [0.717, 1.165) is 5.56 Å². The molecular formula is C12H15NO4. The molecule has 0 saturated carbocycles. The van der Waals surface area contributed by atoms with Crippen molar-refractivity contribution in [3.8, 4) is 5.75 Å². The third kappa shape index (κ3) is 2.57. The first-order valence-corrected chi connectivity index (χ1v) is 5.46. The van der Waals surface area contributed by atoms with Gasteiger partial charge in [-0.2, -0.15) is 0 Å². The highest BCUT2D eigenvalue weighted by atomic mass is 16.5. The zero-order valence-corrected chi connectivity index (χ0v) is 9.35. The molecule has 0 amide bonds. The summed E-state index contributed by atoms with van der Waals surface area (Å²) in [5.41, 5.74) is -0.322. The first kappa shape index (κ1) is 11.9. The van der Waals surface area contributed by atoms with E-state index < -0.39 is 11.5 Å². The Bertz CT molecular complexity index is 413. The maximum absolute atomic E-state index is 11.4. The minimum Gasteiger partial charge on any atom is -0.508 e. The third-order valence-electron chi connectivity index (χ3n) is 2.88. The van der Waals surface area contributed by atoms with Gasteiger partial charge in [0.05, 0.1) is 13.2 Å². The summed E-state index contributed by atoms with van der Waals surface area (Å²) in [5.74, 6) is -0.791. The van der Waals surface area contributed by atoms with E-state index in [-0.39, 0.29) is 18.8 Å². The van der Waals surface area contributed by atoms with Gasteiger partial charge in [0.2, 0.25) is 0 Å². The van der Waals surface area contributed by atoms with E-state index >= 15 is 0 Å². The van der Waals surface area contributed by atoms with Crippen LogP contribution in [0.15, 0.2) is 24.3 Å². The maximum atomic E-state index is 11.4. The predicted octanol–water partition coefficient (Wildman–Crippen LogP) is 0.378. The van der Waals surface area contributed by atoms with Gasteiger partial charge in [0.1, 0.15) is 11.3 Å². The lowest BCUT2D eigenvalue weighted by Crippen LogP contribution is -2.61. The molecule has 1 unspecified atom stereocenters. The second-order valence-corrected chi connectivity index (χ2v) is 4.21. The van der Waals surface area contributed by atoms with Crippen LogP contribution in [0, 0.1) is 0 Å². The minimum absolute atomic E-state index is 0.137. The molecule has 1 fully saturated rings. The molecule has 1 aliphatic rings. The number of nitrogens with one attached hydrogen (secondary N) is 1. The highest BCUT2D eigenvalue weighted by Gasteiger charge is 2.40. The van der Waals surface area contributed by atoms with E-state index in [1.807, 2.05) is 0 Å². The van der Waals surface area contributed by atoms with Gasteiger partial charge < -0.3 is 14.9 Å². The number of hydrogen-bond donors (Lipinski definition) is 3. The Balaban J connectivity index is 2.20.